The van der Waals surface area contributed by atoms with E-state index in [1.165, 1.54) is 38.5 Å². The van der Waals surface area contributed by atoms with E-state index < -0.39 is 11.9 Å². The maximum atomic E-state index is 13.5. The topological polar surface area (TPSA) is 103 Å². The number of aromatic nitrogens is 1. The van der Waals surface area contributed by atoms with E-state index in [0.717, 1.165) is 11.9 Å². The van der Waals surface area contributed by atoms with E-state index in [1.807, 2.05) is 0 Å². The molecule has 3 amide bonds. The molecular weight excluding hydrogens is 449 g/mol. The lowest BCUT2D eigenvalue weighted by Gasteiger charge is -2.10. The van der Waals surface area contributed by atoms with Gasteiger partial charge < -0.3 is 13.9 Å². The van der Waals surface area contributed by atoms with E-state index in [9.17, 15) is 14.0 Å². The summed E-state index contributed by atoms with van der Waals surface area (Å²) in [4.78, 5) is 29.6. The fourth-order valence-corrected chi connectivity index (χ4v) is 3.57. The van der Waals surface area contributed by atoms with Crippen LogP contribution < -0.4 is 19.5 Å². The number of carbonyl (C=O) groups excluding carboxylic acids is 2. The minimum atomic E-state index is -0.694. The Morgan fingerprint density at radius 1 is 1.00 bits per heavy atom. The Labute approximate surface area is 192 Å². The van der Waals surface area contributed by atoms with Gasteiger partial charge in [0.15, 0.2) is 17.1 Å². The molecule has 8 nitrogen and oxygen atoms in total. The first kappa shape index (κ1) is 22.2. The molecule has 2 N–H and O–H groups in total. The quantitative estimate of drug-likeness (QED) is 0.393. The molecule has 3 aromatic carbocycles. The number of hydrogen-bond donors (Lipinski definition) is 2. The van der Waals surface area contributed by atoms with Gasteiger partial charge in [0, 0.05) is 16.0 Å². The summed E-state index contributed by atoms with van der Waals surface area (Å²) in [6.07, 6.45) is 0. The van der Waals surface area contributed by atoms with Crippen LogP contribution in [0.15, 0.2) is 70.0 Å². The van der Waals surface area contributed by atoms with Crippen molar-refractivity contribution < 1.29 is 27.9 Å². The molecule has 0 fully saturated rings. The molecule has 0 atom stereocenters. The van der Waals surface area contributed by atoms with Gasteiger partial charge in [0.2, 0.25) is 5.89 Å². The van der Waals surface area contributed by atoms with Crippen LogP contribution in [0.25, 0.3) is 22.6 Å². The van der Waals surface area contributed by atoms with Crippen molar-refractivity contribution in [3.05, 3.63) is 72.0 Å². The number of ether oxygens (including phenoxy) is 2. The first-order chi connectivity index (χ1) is 16.0. The van der Waals surface area contributed by atoms with Crippen LogP contribution in [0, 0.1) is 5.82 Å². The van der Waals surface area contributed by atoms with Gasteiger partial charge >= 0.3 is 6.03 Å². The Kier molecular flexibility index (Phi) is 6.45. The zero-order valence-electron chi connectivity index (χ0n) is 17.5. The van der Waals surface area contributed by atoms with Crippen LogP contribution in [0.5, 0.6) is 11.5 Å². The number of fused-ring (bicyclic) bond motifs is 1. The van der Waals surface area contributed by atoms with Gasteiger partial charge in [-0.1, -0.05) is 6.07 Å². The largest absolute Gasteiger partial charge is 0.493 e. The molecule has 0 radical (unpaired) electrons. The minimum absolute atomic E-state index is 0.238. The second-order valence-corrected chi connectivity index (χ2v) is 7.60. The van der Waals surface area contributed by atoms with Crippen molar-refractivity contribution >= 4 is 35.0 Å². The number of amides is 3. The highest BCUT2D eigenvalue weighted by Gasteiger charge is 2.14. The summed E-state index contributed by atoms with van der Waals surface area (Å²) in [7, 11) is 2.94. The third-order valence-electron chi connectivity index (χ3n) is 4.56. The molecular formula is C23H18FN3O5S. The second-order valence-electron chi connectivity index (χ2n) is 6.72. The molecule has 168 valence electrons. The van der Waals surface area contributed by atoms with Crippen molar-refractivity contribution in [3.63, 3.8) is 0 Å². The van der Waals surface area contributed by atoms with Gasteiger partial charge in [-0.2, -0.15) is 0 Å². The van der Waals surface area contributed by atoms with E-state index in [1.54, 1.807) is 36.4 Å². The maximum Gasteiger partial charge on any atom is 0.331 e. The van der Waals surface area contributed by atoms with Crippen molar-refractivity contribution in [2.24, 2.45) is 0 Å². The molecule has 4 aromatic rings. The number of nitrogens with one attached hydrogen (secondary N) is 2. The number of benzene rings is 3. The zero-order valence-corrected chi connectivity index (χ0v) is 18.4. The fourth-order valence-electron chi connectivity index (χ4n) is 3.00. The number of methoxy groups -OCH3 is 2. The normalized spacial score (nSPS) is 10.6. The number of nitrogens with zero attached hydrogens (tertiary/aromatic N) is 1. The number of rotatable bonds is 6. The highest BCUT2D eigenvalue weighted by Crippen LogP contribution is 2.28. The zero-order chi connectivity index (χ0) is 23.4. The number of hydrogen-bond acceptors (Lipinski definition) is 7. The summed E-state index contributed by atoms with van der Waals surface area (Å²) in [5.74, 6) is 0.152. The van der Waals surface area contributed by atoms with Crippen LogP contribution >= 0.6 is 11.9 Å². The van der Waals surface area contributed by atoms with Crippen LogP contribution in [-0.4, -0.2) is 31.1 Å². The summed E-state index contributed by atoms with van der Waals surface area (Å²) in [5, 5.41) is 2.25. The summed E-state index contributed by atoms with van der Waals surface area (Å²) >= 11 is 1.00. The smallest absolute Gasteiger partial charge is 0.331 e. The third-order valence-corrected chi connectivity index (χ3v) is 5.34. The monoisotopic (exact) mass is 467 g/mol. The molecule has 1 heterocycles. The lowest BCUT2D eigenvalue weighted by Crippen LogP contribution is -2.36. The molecule has 0 spiro atoms. The molecule has 0 bridgehead atoms. The van der Waals surface area contributed by atoms with Gasteiger partial charge in [-0.15, -0.1) is 0 Å². The van der Waals surface area contributed by atoms with E-state index in [4.69, 9.17) is 13.9 Å². The summed E-state index contributed by atoms with van der Waals surface area (Å²) in [6.45, 7) is 0. The van der Waals surface area contributed by atoms with Crippen LogP contribution in [0.3, 0.4) is 0 Å². The number of imide groups is 1. The molecule has 0 aliphatic carbocycles. The molecule has 10 heteroatoms. The van der Waals surface area contributed by atoms with Crippen molar-refractivity contribution in [1.29, 1.82) is 0 Å². The standard InChI is InChI=1S/C23H18FN3O5S/c1-30-19-8-6-13(11-20(19)31-2)21(28)26-23(29)27-33-16-7-9-18-17(12-16)25-22(32-18)14-4-3-5-15(24)10-14/h3-12H,1-2H3,(H2,26,27,28,29). The molecule has 1 aromatic heterocycles. The Bertz CT molecular complexity index is 1340. The van der Waals surface area contributed by atoms with Crippen molar-refractivity contribution in [2.45, 2.75) is 4.90 Å². The van der Waals surface area contributed by atoms with E-state index in [0.29, 0.717) is 33.1 Å². The van der Waals surface area contributed by atoms with Crippen LogP contribution in [-0.2, 0) is 0 Å². The van der Waals surface area contributed by atoms with Crippen molar-refractivity contribution in [3.8, 4) is 23.0 Å². The van der Waals surface area contributed by atoms with Crippen LogP contribution in [0.2, 0.25) is 0 Å². The van der Waals surface area contributed by atoms with E-state index in [2.05, 4.69) is 15.0 Å². The summed E-state index contributed by atoms with van der Waals surface area (Å²) < 4.78 is 32.0. The summed E-state index contributed by atoms with van der Waals surface area (Å²) in [6, 6.07) is 15.0. The fraction of sp³-hybridized carbons (Fsp3) is 0.0870. The number of carbonyl (C=O) groups is 2. The highest BCUT2D eigenvalue weighted by molar-refractivity contribution is 7.98. The summed E-state index contributed by atoms with van der Waals surface area (Å²) in [5.41, 5.74) is 1.82. The predicted molar refractivity (Wildman–Crippen MR) is 121 cm³/mol. The molecule has 0 saturated heterocycles. The van der Waals surface area contributed by atoms with Gasteiger partial charge in [0.25, 0.3) is 5.91 Å². The van der Waals surface area contributed by atoms with E-state index >= 15 is 0 Å². The molecule has 0 aliphatic rings. The van der Waals surface area contributed by atoms with E-state index in [-0.39, 0.29) is 17.3 Å². The lowest BCUT2D eigenvalue weighted by molar-refractivity contribution is 0.0965. The Hall–Kier alpha value is -4.05. The maximum absolute atomic E-state index is 13.5. The van der Waals surface area contributed by atoms with Crippen LogP contribution in [0.4, 0.5) is 9.18 Å². The van der Waals surface area contributed by atoms with Crippen molar-refractivity contribution in [2.75, 3.05) is 14.2 Å². The molecule has 33 heavy (non-hydrogen) atoms. The molecule has 4 rings (SSSR count). The van der Waals surface area contributed by atoms with Gasteiger partial charge in [-0.3, -0.25) is 14.8 Å². The second kappa shape index (κ2) is 9.61. The SMILES string of the molecule is COc1ccc(C(=O)NC(=O)NSc2ccc3oc(-c4cccc(F)c4)nc3c2)cc1OC. The Morgan fingerprint density at radius 3 is 2.58 bits per heavy atom. The van der Waals surface area contributed by atoms with Gasteiger partial charge in [-0.05, 0) is 66.5 Å². The number of halogens is 1. The van der Waals surface area contributed by atoms with Gasteiger partial charge in [0.05, 0.1) is 14.2 Å². The third kappa shape index (κ3) is 5.07. The van der Waals surface area contributed by atoms with Crippen LogP contribution in [0.1, 0.15) is 10.4 Å². The molecule has 0 saturated carbocycles. The lowest BCUT2D eigenvalue weighted by atomic mass is 10.2. The average Bonchev–Trinajstić information content (AvgIpc) is 3.26. The minimum Gasteiger partial charge on any atom is -0.493 e. The van der Waals surface area contributed by atoms with Crippen molar-refractivity contribution in [1.82, 2.24) is 15.0 Å². The first-order valence-corrected chi connectivity index (χ1v) is 10.4. The van der Waals surface area contributed by atoms with Gasteiger partial charge in [-0.25, -0.2) is 14.2 Å². The number of oxazole rings is 1. The number of urea groups is 1. The molecule has 0 aliphatic heterocycles. The highest BCUT2D eigenvalue weighted by atomic mass is 32.2. The molecule has 0 unspecified atom stereocenters. The average molecular weight is 467 g/mol. The van der Waals surface area contributed by atoms with Gasteiger partial charge in [0.1, 0.15) is 11.3 Å². The Morgan fingerprint density at radius 2 is 1.82 bits per heavy atom. The predicted octanol–water partition coefficient (Wildman–Crippen LogP) is 4.80. The first-order valence-electron chi connectivity index (χ1n) is 9.63. The Balaban J connectivity index is 1.39.